The van der Waals surface area contributed by atoms with Crippen LogP contribution >= 0.6 is 0 Å². The molecule has 1 aromatic heterocycles. The van der Waals surface area contributed by atoms with E-state index in [9.17, 15) is 4.79 Å². The fraction of sp³-hybridized carbons (Fsp3) is 0.444. The largest absolute Gasteiger partial charge is 0.343 e. The fourth-order valence-electron chi connectivity index (χ4n) is 2.67. The van der Waals surface area contributed by atoms with Crippen molar-refractivity contribution in [2.24, 2.45) is 13.0 Å². The Labute approximate surface area is 131 Å². The molecule has 1 N–H and O–H groups in total. The summed E-state index contributed by atoms with van der Waals surface area (Å²) in [6, 6.07) is 10.3. The number of amides is 1. The Balaban J connectivity index is 1.90. The van der Waals surface area contributed by atoms with Gasteiger partial charge in [0.2, 0.25) is 5.91 Å². The molecule has 116 valence electrons. The highest BCUT2D eigenvalue weighted by Gasteiger charge is 2.32. The summed E-state index contributed by atoms with van der Waals surface area (Å²) in [5.74, 6) is 0.857. The molecule has 0 spiro atoms. The highest BCUT2D eigenvalue weighted by molar-refractivity contribution is 5.81. The maximum atomic E-state index is 12.2. The molecule has 4 heteroatoms. The third-order valence-electron chi connectivity index (χ3n) is 4.33. The molecular weight excluding hydrogens is 274 g/mol. The van der Waals surface area contributed by atoms with Gasteiger partial charge in [-0.1, -0.05) is 38.1 Å². The van der Waals surface area contributed by atoms with Crippen LogP contribution in [0.5, 0.6) is 0 Å². The minimum Gasteiger partial charge on any atom is -0.343 e. The summed E-state index contributed by atoms with van der Waals surface area (Å²) >= 11 is 0. The lowest BCUT2D eigenvalue weighted by atomic mass is 9.97. The molecule has 1 saturated carbocycles. The van der Waals surface area contributed by atoms with Crippen molar-refractivity contribution in [3.8, 4) is 0 Å². The van der Waals surface area contributed by atoms with Gasteiger partial charge in [-0.25, -0.2) is 0 Å². The summed E-state index contributed by atoms with van der Waals surface area (Å²) in [4.78, 5) is 12.2. The molecule has 0 saturated heterocycles. The molecule has 3 rings (SSSR count). The molecule has 1 aliphatic carbocycles. The molecular formula is C18H23N3O. The molecule has 1 atom stereocenters. The van der Waals surface area contributed by atoms with Crippen LogP contribution in [0.15, 0.2) is 36.5 Å². The minimum absolute atomic E-state index is 0.137. The van der Waals surface area contributed by atoms with Gasteiger partial charge in [0.15, 0.2) is 0 Å². The molecule has 1 amide bonds. The summed E-state index contributed by atoms with van der Waals surface area (Å²) in [6.07, 6.45) is 3.79. The van der Waals surface area contributed by atoms with E-state index in [1.807, 2.05) is 17.8 Å². The number of hydrogen-bond acceptors (Lipinski definition) is 2. The maximum absolute atomic E-state index is 12.2. The third kappa shape index (κ3) is 3.06. The van der Waals surface area contributed by atoms with E-state index in [4.69, 9.17) is 0 Å². The van der Waals surface area contributed by atoms with E-state index in [0.29, 0.717) is 5.92 Å². The normalized spacial score (nSPS) is 15.8. The van der Waals surface area contributed by atoms with Gasteiger partial charge >= 0.3 is 0 Å². The second-order valence-corrected chi connectivity index (χ2v) is 6.42. The van der Waals surface area contributed by atoms with Crippen LogP contribution in [0.25, 0.3) is 0 Å². The average molecular weight is 297 g/mol. The van der Waals surface area contributed by atoms with Crippen LogP contribution in [0, 0.1) is 5.92 Å². The number of benzene rings is 1. The van der Waals surface area contributed by atoms with Gasteiger partial charge in [-0.2, -0.15) is 5.10 Å². The molecule has 4 nitrogen and oxygen atoms in total. The first kappa shape index (κ1) is 14.8. The lowest BCUT2D eigenvalue weighted by Gasteiger charge is -2.20. The number of aryl methyl sites for hydroxylation is 1. The van der Waals surface area contributed by atoms with Crippen molar-refractivity contribution in [1.29, 1.82) is 0 Å². The SMILES string of the molecule is CC(C)c1ccc(C(NC(=O)C2CC2)c2ccnn2C)cc1. The van der Waals surface area contributed by atoms with Crippen LogP contribution in [0.2, 0.25) is 0 Å². The van der Waals surface area contributed by atoms with E-state index in [-0.39, 0.29) is 17.9 Å². The number of hydrogen-bond donors (Lipinski definition) is 1. The molecule has 1 unspecified atom stereocenters. The predicted molar refractivity (Wildman–Crippen MR) is 86.4 cm³/mol. The highest BCUT2D eigenvalue weighted by atomic mass is 16.2. The van der Waals surface area contributed by atoms with Crippen LogP contribution in [-0.2, 0) is 11.8 Å². The minimum atomic E-state index is -0.137. The second-order valence-electron chi connectivity index (χ2n) is 6.42. The van der Waals surface area contributed by atoms with Gasteiger partial charge in [-0.3, -0.25) is 9.48 Å². The van der Waals surface area contributed by atoms with Crippen LogP contribution in [0.3, 0.4) is 0 Å². The van der Waals surface area contributed by atoms with Crippen LogP contribution in [0.4, 0.5) is 0 Å². The first-order chi connectivity index (χ1) is 10.6. The van der Waals surface area contributed by atoms with Crippen molar-refractivity contribution in [2.75, 3.05) is 0 Å². The van der Waals surface area contributed by atoms with Gasteiger partial charge in [0.05, 0.1) is 11.7 Å². The zero-order valence-electron chi connectivity index (χ0n) is 13.4. The van der Waals surface area contributed by atoms with Crippen LogP contribution in [-0.4, -0.2) is 15.7 Å². The van der Waals surface area contributed by atoms with Crippen molar-refractivity contribution in [1.82, 2.24) is 15.1 Å². The fourth-order valence-corrected chi connectivity index (χ4v) is 2.67. The van der Waals surface area contributed by atoms with Gasteiger partial charge in [-0.15, -0.1) is 0 Å². The van der Waals surface area contributed by atoms with E-state index in [2.05, 4.69) is 48.5 Å². The number of carbonyl (C=O) groups is 1. The third-order valence-corrected chi connectivity index (χ3v) is 4.33. The van der Waals surface area contributed by atoms with Crippen LogP contribution < -0.4 is 5.32 Å². The first-order valence-corrected chi connectivity index (χ1v) is 7.94. The Morgan fingerprint density at radius 1 is 1.18 bits per heavy atom. The Morgan fingerprint density at radius 3 is 2.32 bits per heavy atom. The Bertz CT molecular complexity index is 653. The topological polar surface area (TPSA) is 46.9 Å². The molecule has 1 aliphatic rings. The summed E-state index contributed by atoms with van der Waals surface area (Å²) in [5.41, 5.74) is 3.41. The number of nitrogens with zero attached hydrogens (tertiary/aromatic N) is 2. The van der Waals surface area contributed by atoms with Gasteiger partial charge in [0, 0.05) is 19.2 Å². The molecule has 0 bridgehead atoms. The van der Waals surface area contributed by atoms with Crippen molar-refractivity contribution in [3.63, 3.8) is 0 Å². The van der Waals surface area contributed by atoms with E-state index < -0.39 is 0 Å². The second kappa shape index (κ2) is 5.95. The Hall–Kier alpha value is -2.10. The molecule has 1 heterocycles. The number of rotatable bonds is 5. The molecule has 1 aromatic carbocycles. The monoisotopic (exact) mass is 297 g/mol. The van der Waals surface area contributed by atoms with Crippen molar-refractivity contribution in [2.45, 2.75) is 38.6 Å². The number of nitrogens with one attached hydrogen (secondary N) is 1. The summed E-state index contributed by atoms with van der Waals surface area (Å²) < 4.78 is 1.83. The number of carbonyl (C=O) groups excluding carboxylic acids is 1. The van der Waals surface area contributed by atoms with Gasteiger partial charge in [-0.05, 0) is 36.0 Å². The van der Waals surface area contributed by atoms with Crippen molar-refractivity contribution < 1.29 is 4.79 Å². The predicted octanol–water partition coefficient (Wildman–Crippen LogP) is 3.16. The van der Waals surface area contributed by atoms with Crippen LogP contribution in [0.1, 0.15) is 55.5 Å². The smallest absolute Gasteiger partial charge is 0.223 e. The van der Waals surface area contributed by atoms with E-state index in [0.717, 1.165) is 24.1 Å². The van der Waals surface area contributed by atoms with Crippen molar-refractivity contribution >= 4 is 5.91 Å². The zero-order chi connectivity index (χ0) is 15.7. The summed E-state index contributed by atoms with van der Waals surface area (Å²) in [6.45, 7) is 4.37. The summed E-state index contributed by atoms with van der Waals surface area (Å²) in [5, 5.41) is 7.43. The van der Waals surface area contributed by atoms with E-state index in [1.165, 1.54) is 5.56 Å². The molecule has 2 aromatic rings. The molecule has 1 fully saturated rings. The van der Waals surface area contributed by atoms with Crippen molar-refractivity contribution in [3.05, 3.63) is 53.3 Å². The molecule has 0 radical (unpaired) electrons. The van der Waals surface area contributed by atoms with Gasteiger partial charge < -0.3 is 5.32 Å². The Morgan fingerprint density at radius 2 is 1.82 bits per heavy atom. The maximum Gasteiger partial charge on any atom is 0.223 e. The average Bonchev–Trinajstić information content (AvgIpc) is 3.27. The van der Waals surface area contributed by atoms with E-state index in [1.54, 1.807) is 6.20 Å². The lowest BCUT2D eigenvalue weighted by Crippen LogP contribution is -2.31. The summed E-state index contributed by atoms with van der Waals surface area (Å²) in [7, 11) is 1.91. The highest BCUT2D eigenvalue weighted by Crippen LogP contribution is 2.31. The standard InChI is InChI=1S/C18H23N3O/c1-12(2)13-4-6-14(7-5-13)17(16-10-11-19-21(16)3)20-18(22)15-8-9-15/h4-7,10-12,15,17H,8-9H2,1-3H3,(H,20,22). The van der Waals surface area contributed by atoms with Gasteiger partial charge in [0.1, 0.15) is 0 Å². The first-order valence-electron chi connectivity index (χ1n) is 7.94. The zero-order valence-corrected chi connectivity index (χ0v) is 13.4. The Kier molecular flexibility index (Phi) is 4.01. The van der Waals surface area contributed by atoms with E-state index >= 15 is 0 Å². The molecule has 22 heavy (non-hydrogen) atoms. The van der Waals surface area contributed by atoms with Gasteiger partial charge in [0.25, 0.3) is 0 Å². The quantitative estimate of drug-likeness (QED) is 0.921. The molecule has 0 aliphatic heterocycles. The number of aromatic nitrogens is 2. The lowest BCUT2D eigenvalue weighted by molar-refractivity contribution is -0.122.